The molecule has 4 nitrogen and oxygen atoms in total. The van der Waals surface area contributed by atoms with E-state index in [4.69, 9.17) is 0 Å². The van der Waals surface area contributed by atoms with Crippen LogP contribution in [0, 0.1) is 27.7 Å². The van der Waals surface area contributed by atoms with Crippen molar-refractivity contribution in [1.29, 1.82) is 0 Å². The predicted molar refractivity (Wildman–Crippen MR) is 86.9 cm³/mol. The van der Waals surface area contributed by atoms with E-state index in [-0.39, 0.29) is 6.04 Å². The first-order valence-electron chi connectivity index (χ1n) is 6.78. The molecule has 0 bridgehead atoms. The number of hydrogen-bond donors (Lipinski definition) is 2. The van der Waals surface area contributed by atoms with Crippen LogP contribution < -0.4 is 10.6 Å². The summed E-state index contributed by atoms with van der Waals surface area (Å²) >= 11 is 1.84. The highest BCUT2D eigenvalue weighted by molar-refractivity contribution is 7.12. The molecule has 0 spiro atoms. The van der Waals surface area contributed by atoms with Crippen LogP contribution in [0.25, 0.3) is 0 Å². The van der Waals surface area contributed by atoms with Gasteiger partial charge in [-0.05, 0) is 46.2 Å². The summed E-state index contributed by atoms with van der Waals surface area (Å²) in [4.78, 5) is 11.6. The lowest BCUT2D eigenvalue weighted by Gasteiger charge is -2.18. The van der Waals surface area contributed by atoms with E-state index in [2.05, 4.69) is 47.4 Å². The van der Waals surface area contributed by atoms with Crippen LogP contribution in [0.2, 0.25) is 0 Å². The van der Waals surface area contributed by atoms with Gasteiger partial charge in [-0.1, -0.05) is 0 Å². The van der Waals surface area contributed by atoms with Crippen molar-refractivity contribution in [3.8, 4) is 0 Å². The number of aromatic nitrogens is 2. The third-order valence-corrected chi connectivity index (χ3v) is 4.38. The standard InChI is InChI=1S/C15H22N4S/c1-8-7-13(11(4)20-8)10(3)17-15-9(2)14(16-6)18-12(5)19-15/h7,10H,1-6H3,(H2,16,17,18,19). The summed E-state index contributed by atoms with van der Waals surface area (Å²) in [5.41, 5.74) is 2.39. The number of rotatable bonds is 4. The van der Waals surface area contributed by atoms with Crippen molar-refractivity contribution in [2.75, 3.05) is 17.7 Å². The minimum Gasteiger partial charge on any atom is -0.373 e. The smallest absolute Gasteiger partial charge is 0.135 e. The second kappa shape index (κ2) is 5.79. The van der Waals surface area contributed by atoms with E-state index in [9.17, 15) is 0 Å². The highest BCUT2D eigenvalue weighted by atomic mass is 32.1. The van der Waals surface area contributed by atoms with Gasteiger partial charge in [-0.15, -0.1) is 11.3 Å². The highest BCUT2D eigenvalue weighted by Gasteiger charge is 2.14. The Morgan fingerprint density at radius 3 is 2.30 bits per heavy atom. The minimum atomic E-state index is 0.234. The molecule has 0 fully saturated rings. The van der Waals surface area contributed by atoms with Crippen molar-refractivity contribution in [2.45, 2.75) is 40.7 Å². The fourth-order valence-corrected chi connectivity index (χ4v) is 3.40. The quantitative estimate of drug-likeness (QED) is 0.894. The molecule has 2 aromatic rings. The Bertz CT molecular complexity index is 619. The second-order valence-corrected chi connectivity index (χ2v) is 6.54. The molecular weight excluding hydrogens is 268 g/mol. The Labute approximate surface area is 124 Å². The third kappa shape index (κ3) is 2.93. The monoisotopic (exact) mass is 290 g/mol. The summed E-state index contributed by atoms with van der Waals surface area (Å²) in [5.74, 6) is 2.55. The molecule has 108 valence electrons. The van der Waals surface area contributed by atoms with Crippen LogP contribution in [0.1, 0.15) is 39.7 Å². The number of thiophene rings is 1. The van der Waals surface area contributed by atoms with Crippen LogP contribution in [0.15, 0.2) is 6.07 Å². The second-order valence-electron chi connectivity index (χ2n) is 5.08. The maximum atomic E-state index is 4.52. The third-order valence-electron chi connectivity index (χ3n) is 3.39. The number of nitrogens with zero attached hydrogens (tertiary/aromatic N) is 2. The summed E-state index contributed by atoms with van der Waals surface area (Å²) in [6.45, 7) is 10.4. The van der Waals surface area contributed by atoms with Crippen LogP contribution >= 0.6 is 11.3 Å². The molecule has 2 aromatic heterocycles. The van der Waals surface area contributed by atoms with Crippen molar-refractivity contribution >= 4 is 23.0 Å². The van der Waals surface area contributed by atoms with Crippen molar-refractivity contribution in [1.82, 2.24) is 9.97 Å². The molecule has 2 heterocycles. The molecule has 2 N–H and O–H groups in total. The molecule has 2 rings (SSSR count). The number of aryl methyl sites for hydroxylation is 3. The van der Waals surface area contributed by atoms with E-state index in [0.29, 0.717) is 0 Å². The Balaban J connectivity index is 2.30. The molecule has 0 aliphatic carbocycles. The molecule has 0 amide bonds. The van der Waals surface area contributed by atoms with Crippen molar-refractivity contribution < 1.29 is 0 Å². The van der Waals surface area contributed by atoms with Crippen molar-refractivity contribution in [3.05, 3.63) is 32.8 Å². The van der Waals surface area contributed by atoms with Gasteiger partial charge in [0.2, 0.25) is 0 Å². The van der Waals surface area contributed by atoms with Gasteiger partial charge in [-0.25, -0.2) is 9.97 Å². The van der Waals surface area contributed by atoms with E-state index in [1.807, 2.05) is 32.2 Å². The van der Waals surface area contributed by atoms with E-state index in [0.717, 1.165) is 23.0 Å². The largest absolute Gasteiger partial charge is 0.373 e. The van der Waals surface area contributed by atoms with Gasteiger partial charge in [-0.2, -0.15) is 0 Å². The van der Waals surface area contributed by atoms with Gasteiger partial charge in [0.25, 0.3) is 0 Å². The van der Waals surface area contributed by atoms with E-state index >= 15 is 0 Å². The average Bonchev–Trinajstić information content (AvgIpc) is 2.72. The highest BCUT2D eigenvalue weighted by Crippen LogP contribution is 2.29. The zero-order valence-corrected chi connectivity index (χ0v) is 13.8. The summed E-state index contributed by atoms with van der Waals surface area (Å²) < 4.78 is 0. The number of anilines is 2. The summed E-state index contributed by atoms with van der Waals surface area (Å²) in [6, 6.07) is 2.48. The summed E-state index contributed by atoms with van der Waals surface area (Å²) in [7, 11) is 1.88. The molecule has 0 radical (unpaired) electrons. The van der Waals surface area contributed by atoms with Gasteiger partial charge in [0, 0.05) is 22.4 Å². The molecule has 0 aliphatic heterocycles. The van der Waals surface area contributed by atoms with E-state index in [1.165, 1.54) is 15.3 Å². The van der Waals surface area contributed by atoms with Gasteiger partial charge in [0.05, 0.1) is 6.04 Å². The van der Waals surface area contributed by atoms with Crippen molar-refractivity contribution in [3.63, 3.8) is 0 Å². The minimum absolute atomic E-state index is 0.234. The Kier molecular flexibility index (Phi) is 4.28. The summed E-state index contributed by atoms with van der Waals surface area (Å²) in [5, 5.41) is 6.63. The molecule has 20 heavy (non-hydrogen) atoms. The zero-order chi connectivity index (χ0) is 14.9. The Morgan fingerprint density at radius 1 is 1.10 bits per heavy atom. The number of hydrogen-bond acceptors (Lipinski definition) is 5. The maximum absolute atomic E-state index is 4.52. The Hall–Kier alpha value is -1.62. The lowest BCUT2D eigenvalue weighted by atomic mass is 10.1. The van der Waals surface area contributed by atoms with Gasteiger partial charge in [-0.3, -0.25) is 0 Å². The fourth-order valence-electron chi connectivity index (χ4n) is 2.38. The van der Waals surface area contributed by atoms with Crippen molar-refractivity contribution in [2.24, 2.45) is 0 Å². The van der Waals surface area contributed by atoms with Crippen LogP contribution in [0.5, 0.6) is 0 Å². The zero-order valence-electron chi connectivity index (χ0n) is 13.0. The normalized spacial score (nSPS) is 12.3. The molecule has 0 saturated heterocycles. The Morgan fingerprint density at radius 2 is 1.75 bits per heavy atom. The molecular formula is C15H22N4S. The van der Waals surface area contributed by atoms with Crippen LogP contribution in [0.4, 0.5) is 11.6 Å². The van der Waals surface area contributed by atoms with Gasteiger partial charge in [0.1, 0.15) is 17.5 Å². The van der Waals surface area contributed by atoms with Crippen LogP contribution in [0.3, 0.4) is 0 Å². The first-order valence-corrected chi connectivity index (χ1v) is 7.60. The average molecular weight is 290 g/mol. The molecule has 0 aliphatic rings. The topological polar surface area (TPSA) is 49.8 Å². The van der Waals surface area contributed by atoms with E-state index < -0.39 is 0 Å². The first kappa shape index (κ1) is 14.8. The van der Waals surface area contributed by atoms with Gasteiger partial charge < -0.3 is 10.6 Å². The molecule has 1 unspecified atom stereocenters. The lowest BCUT2D eigenvalue weighted by Crippen LogP contribution is -2.12. The SMILES string of the molecule is CNc1nc(C)nc(NC(C)c2cc(C)sc2C)c1C. The van der Waals surface area contributed by atoms with Crippen LogP contribution in [-0.2, 0) is 0 Å². The molecule has 1 atom stereocenters. The molecule has 5 heteroatoms. The fraction of sp³-hybridized carbons (Fsp3) is 0.467. The van der Waals surface area contributed by atoms with Gasteiger partial charge >= 0.3 is 0 Å². The molecule has 0 saturated carbocycles. The van der Waals surface area contributed by atoms with Crippen LogP contribution in [-0.4, -0.2) is 17.0 Å². The molecule has 0 aromatic carbocycles. The first-order chi connectivity index (χ1) is 9.42. The lowest BCUT2D eigenvalue weighted by molar-refractivity contribution is 0.860. The predicted octanol–water partition coefficient (Wildman–Crippen LogP) is 3.99. The number of nitrogens with one attached hydrogen (secondary N) is 2. The maximum Gasteiger partial charge on any atom is 0.135 e. The van der Waals surface area contributed by atoms with Gasteiger partial charge in [0.15, 0.2) is 0 Å². The summed E-state index contributed by atoms with van der Waals surface area (Å²) in [6.07, 6.45) is 0. The van der Waals surface area contributed by atoms with E-state index in [1.54, 1.807) is 0 Å².